The summed E-state index contributed by atoms with van der Waals surface area (Å²) in [6.45, 7) is 7.83. The summed E-state index contributed by atoms with van der Waals surface area (Å²) in [5, 5.41) is 17.8. The smallest absolute Gasteiger partial charge is 0.394 e. The molecular weight excluding hydrogens is 418 g/mol. The van der Waals surface area contributed by atoms with Crippen molar-refractivity contribution in [1.29, 1.82) is 0 Å². The van der Waals surface area contributed by atoms with Crippen LogP contribution in [0, 0.1) is 0 Å². The molecule has 0 amide bonds. The van der Waals surface area contributed by atoms with E-state index in [9.17, 15) is 9.59 Å². The molecule has 31 heavy (non-hydrogen) atoms. The molecule has 0 aliphatic heterocycles. The number of nitrogens with zero attached hydrogens (tertiary/aromatic N) is 1. The first-order valence-corrected chi connectivity index (χ1v) is 14.2. The van der Waals surface area contributed by atoms with Crippen LogP contribution in [0.25, 0.3) is 0 Å². The zero-order valence-electron chi connectivity index (χ0n) is 20.3. The van der Waals surface area contributed by atoms with Gasteiger partial charge in [-0.05, 0) is 25.7 Å². The Kier molecular flexibility index (Phi) is 19.3. The second-order valence-electron chi connectivity index (χ2n) is 8.73. The van der Waals surface area contributed by atoms with Crippen LogP contribution in [0.2, 0.25) is 6.04 Å². The Morgan fingerprint density at radius 3 is 1.97 bits per heavy atom. The van der Waals surface area contributed by atoms with E-state index >= 15 is 0 Å². The van der Waals surface area contributed by atoms with Gasteiger partial charge in [0.05, 0.1) is 66.3 Å². The average molecular weight is 469 g/mol. The second-order valence-corrected chi connectivity index (χ2v) is 11.0. The summed E-state index contributed by atoms with van der Waals surface area (Å²) >= 11 is 0. The molecule has 0 saturated heterocycles. The number of ether oxygens (including phenoxy) is 2. The molecule has 0 spiro atoms. The fraction of sp³-hybridized carbons (Fsp3) is 1.00. The molecule has 0 rings (SSSR count). The first kappa shape index (κ1) is 30.9. The largest absolute Gasteiger partial charge is 0.495 e. The van der Waals surface area contributed by atoms with Crippen LogP contribution in [0.1, 0.15) is 65.2 Å². The summed E-state index contributed by atoms with van der Waals surface area (Å²) in [4.78, 5) is 20.8. The third kappa shape index (κ3) is 18.1. The number of hydrogen-bond donors (Lipinski definition) is 4. The molecule has 0 aromatic carbocycles. The lowest BCUT2D eigenvalue weighted by atomic mass is 10.1. The highest BCUT2D eigenvalue weighted by atomic mass is 28.4. The lowest BCUT2D eigenvalue weighted by Crippen LogP contribution is -2.48. The van der Waals surface area contributed by atoms with Gasteiger partial charge in [0.15, 0.2) is 0 Å². The molecule has 0 radical (unpaired) electrons. The Bertz CT molecular complexity index is 404. The van der Waals surface area contributed by atoms with Gasteiger partial charge >= 0.3 is 8.80 Å². The Balaban J connectivity index is 4.51. The standard InChI is InChI=1S/C22H50NO7Si/c1-4-6-8-10-13-23(3,12-9-7-5-2)14-11-19-31(26,27)30-21-22(29-18-16-25)20-28-17-15-24/h22,24-27H,4-21H2,1-3H3/q+1. The van der Waals surface area contributed by atoms with Crippen molar-refractivity contribution in [3.63, 3.8) is 0 Å². The van der Waals surface area contributed by atoms with E-state index in [-0.39, 0.29) is 45.7 Å². The Morgan fingerprint density at radius 2 is 1.35 bits per heavy atom. The van der Waals surface area contributed by atoms with Crippen molar-refractivity contribution in [2.45, 2.75) is 77.4 Å². The molecule has 0 bridgehead atoms. The quantitative estimate of drug-likeness (QED) is 0.103. The molecule has 2 atom stereocenters. The molecule has 0 aromatic rings. The topological polar surface area (TPSA) is 109 Å². The van der Waals surface area contributed by atoms with Gasteiger partial charge in [-0.2, -0.15) is 0 Å². The van der Waals surface area contributed by atoms with Gasteiger partial charge < -0.3 is 38.2 Å². The number of hydrogen-bond acceptors (Lipinski definition) is 7. The minimum absolute atomic E-state index is 0.00963. The van der Waals surface area contributed by atoms with E-state index in [0.717, 1.165) is 24.1 Å². The number of unbranched alkanes of at least 4 members (excludes halogenated alkanes) is 5. The van der Waals surface area contributed by atoms with Crippen LogP contribution in [-0.2, 0) is 13.9 Å². The number of aliphatic hydroxyl groups excluding tert-OH is 2. The SMILES string of the molecule is CCCCCC[N+](C)(CCCCC)CCC[Si](O)(O)OCC(COCCO)OCCO. The van der Waals surface area contributed by atoms with Crippen molar-refractivity contribution in [2.24, 2.45) is 0 Å². The van der Waals surface area contributed by atoms with Crippen LogP contribution in [0.3, 0.4) is 0 Å². The lowest BCUT2D eigenvalue weighted by Gasteiger charge is -2.35. The van der Waals surface area contributed by atoms with Crippen molar-refractivity contribution in [2.75, 3.05) is 66.3 Å². The molecule has 0 aliphatic rings. The van der Waals surface area contributed by atoms with Gasteiger partial charge in [0.25, 0.3) is 0 Å². The normalized spacial score (nSPS) is 15.2. The van der Waals surface area contributed by atoms with Gasteiger partial charge in [-0.1, -0.05) is 33.1 Å². The Labute approximate surface area is 191 Å². The van der Waals surface area contributed by atoms with Crippen LogP contribution in [0.4, 0.5) is 0 Å². The lowest BCUT2D eigenvalue weighted by molar-refractivity contribution is -0.910. The van der Waals surface area contributed by atoms with E-state index < -0.39 is 14.9 Å². The zero-order valence-corrected chi connectivity index (χ0v) is 21.3. The van der Waals surface area contributed by atoms with Gasteiger partial charge in [0.1, 0.15) is 6.10 Å². The van der Waals surface area contributed by atoms with E-state index in [1.807, 2.05) is 0 Å². The van der Waals surface area contributed by atoms with Crippen molar-refractivity contribution in [3.8, 4) is 0 Å². The van der Waals surface area contributed by atoms with Gasteiger partial charge in [-0.25, -0.2) is 0 Å². The molecule has 0 fully saturated rings. The van der Waals surface area contributed by atoms with E-state index in [2.05, 4.69) is 20.9 Å². The summed E-state index contributed by atoms with van der Waals surface area (Å²) in [7, 11) is -1.50. The first-order chi connectivity index (χ1) is 14.8. The van der Waals surface area contributed by atoms with Crippen LogP contribution < -0.4 is 0 Å². The summed E-state index contributed by atoms with van der Waals surface area (Å²) in [5.74, 6) is 0. The molecular formula is C22H50NO7Si+. The van der Waals surface area contributed by atoms with E-state index in [1.54, 1.807) is 0 Å². The number of aliphatic hydroxyl groups is 2. The molecule has 8 nitrogen and oxygen atoms in total. The summed E-state index contributed by atoms with van der Waals surface area (Å²) in [6.07, 6.45) is 8.81. The third-order valence-electron chi connectivity index (χ3n) is 5.54. The minimum atomic E-state index is -3.79. The maximum absolute atomic E-state index is 10.4. The molecule has 0 aromatic heterocycles. The monoisotopic (exact) mass is 468 g/mol. The first-order valence-electron chi connectivity index (χ1n) is 12.2. The fourth-order valence-corrected chi connectivity index (χ4v) is 4.85. The highest BCUT2D eigenvalue weighted by molar-refractivity contribution is 6.57. The highest BCUT2D eigenvalue weighted by Crippen LogP contribution is 2.16. The fourth-order valence-electron chi connectivity index (χ4n) is 3.63. The number of rotatable bonds is 23. The minimum Gasteiger partial charge on any atom is -0.394 e. The van der Waals surface area contributed by atoms with Crippen LogP contribution in [0.15, 0.2) is 0 Å². The van der Waals surface area contributed by atoms with Crippen molar-refractivity contribution < 1.29 is 38.2 Å². The maximum Gasteiger partial charge on any atom is 0.495 e. The van der Waals surface area contributed by atoms with Crippen LogP contribution >= 0.6 is 0 Å². The Hall–Kier alpha value is -0.103. The van der Waals surface area contributed by atoms with Crippen molar-refractivity contribution >= 4 is 8.80 Å². The van der Waals surface area contributed by atoms with Crippen molar-refractivity contribution in [1.82, 2.24) is 0 Å². The van der Waals surface area contributed by atoms with Gasteiger partial charge in [0.2, 0.25) is 0 Å². The van der Waals surface area contributed by atoms with Gasteiger partial charge in [0, 0.05) is 12.5 Å². The van der Waals surface area contributed by atoms with Gasteiger partial charge in [-0.15, -0.1) is 0 Å². The van der Waals surface area contributed by atoms with E-state index in [1.165, 1.54) is 44.9 Å². The molecule has 0 heterocycles. The van der Waals surface area contributed by atoms with Gasteiger partial charge in [-0.3, -0.25) is 0 Å². The number of quaternary nitrogens is 1. The van der Waals surface area contributed by atoms with E-state index in [4.69, 9.17) is 24.1 Å². The molecule has 188 valence electrons. The van der Waals surface area contributed by atoms with Crippen LogP contribution in [0.5, 0.6) is 0 Å². The molecule has 4 N–H and O–H groups in total. The van der Waals surface area contributed by atoms with Crippen LogP contribution in [-0.4, -0.2) is 106 Å². The summed E-state index contributed by atoms with van der Waals surface area (Å²) in [5.41, 5.74) is 0. The zero-order chi connectivity index (χ0) is 23.4. The average Bonchev–Trinajstić information content (AvgIpc) is 2.73. The van der Waals surface area contributed by atoms with Crippen molar-refractivity contribution in [3.05, 3.63) is 0 Å². The molecule has 0 aliphatic carbocycles. The molecule has 2 unspecified atom stereocenters. The summed E-state index contributed by atoms with van der Waals surface area (Å²) < 4.78 is 17.1. The maximum atomic E-state index is 10.4. The second kappa shape index (κ2) is 19.4. The third-order valence-corrected chi connectivity index (χ3v) is 7.17. The predicted octanol–water partition coefficient (Wildman–Crippen LogP) is 1.92. The van der Waals surface area contributed by atoms with E-state index in [0.29, 0.717) is 6.42 Å². The Morgan fingerprint density at radius 1 is 0.774 bits per heavy atom. The highest BCUT2D eigenvalue weighted by Gasteiger charge is 2.34. The molecule has 9 heteroatoms. The summed E-state index contributed by atoms with van der Waals surface area (Å²) in [6, 6.07) is 0.258. The predicted molar refractivity (Wildman–Crippen MR) is 125 cm³/mol. The molecule has 0 saturated carbocycles.